The number of hydrogen-bond acceptors (Lipinski definition) is 7. The van der Waals surface area contributed by atoms with E-state index >= 15 is 0 Å². The zero-order valence-electron chi connectivity index (χ0n) is 13.5. The summed E-state index contributed by atoms with van der Waals surface area (Å²) in [7, 11) is -14.7. The summed E-state index contributed by atoms with van der Waals surface area (Å²) in [6.45, 7) is -0.108. The van der Waals surface area contributed by atoms with Crippen molar-refractivity contribution < 1.29 is 42.2 Å². The predicted octanol–water partition coefficient (Wildman–Crippen LogP) is -0.884. The fourth-order valence-electron chi connectivity index (χ4n) is 2.04. The Morgan fingerprint density at radius 1 is 1.08 bits per heavy atom. The third kappa shape index (κ3) is 5.93. The van der Waals surface area contributed by atoms with E-state index in [2.05, 4.69) is 5.32 Å². The van der Waals surface area contributed by atoms with Gasteiger partial charge in [-0.05, 0) is 18.6 Å². The molecule has 0 saturated heterocycles. The van der Waals surface area contributed by atoms with Crippen LogP contribution in [0.1, 0.15) is 12.8 Å². The molecule has 11 nitrogen and oxygen atoms in total. The summed E-state index contributed by atoms with van der Waals surface area (Å²) in [6, 6.07) is 7.65. The van der Waals surface area contributed by atoms with Crippen molar-refractivity contribution in [1.82, 2.24) is 5.32 Å². The third-order valence-corrected chi connectivity index (χ3v) is 9.21. The highest BCUT2D eigenvalue weighted by molar-refractivity contribution is 7.91. The molecule has 0 fully saturated rings. The Morgan fingerprint density at radius 2 is 1.58 bits per heavy atom. The summed E-state index contributed by atoms with van der Waals surface area (Å²) in [5.74, 6) is -0.314. The molecule has 1 unspecified atom stereocenters. The van der Waals surface area contributed by atoms with Crippen LogP contribution < -0.4 is 11.1 Å². The maximum absolute atomic E-state index is 12.1. The molecule has 0 aromatic heterocycles. The minimum Gasteiger partial charge on any atom is -0.368 e. The molecule has 8 N–H and O–H groups in total. The minimum absolute atomic E-state index is 0.108. The molecule has 0 aliphatic heterocycles. The van der Waals surface area contributed by atoms with Gasteiger partial charge >= 0.3 is 15.2 Å². The van der Waals surface area contributed by atoms with Crippen LogP contribution in [0.25, 0.3) is 0 Å². The van der Waals surface area contributed by atoms with Crippen molar-refractivity contribution in [2.75, 3.05) is 12.3 Å². The minimum atomic E-state index is -5.54. The van der Waals surface area contributed by atoms with Crippen LogP contribution in [0, 0.1) is 0 Å². The van der Waals surface area contributed by atoms with Gasteiger partial charge in [0, 0.05) is 13.0 Å². The number of nitrogens with two attached hydrogens (primary N) is 1. The molecule has 14 heteroatoms. The molecule has 0 heterocycles. The van der Waals surface area contributed by atoms with Crippen LogP contribution in [0.5, 0.6) is 0 Å². The van der Waals surface area contributed by atoms with Gasteiger partial charge in [-0.2, -0.15) is 0 Å². The van der Waals surface area contributed by atoms with Crippen molar-refractivity contribution in [3.8, 4) is 0 Å². The number of sulfone groups is 1. The Kier molecular flexibility index (Phi) is 7.71. The number of benzene rings is 1. The Balaban J connectivity index is 2.61. The van der Waals surface area contributed by atoms with Crippen molar-refractivity contribution in [3.63, 3.8) is 0 Å². The van der Waals surface area contributed by atoms with Gasteiger partial charge in [0.1, 0.15) is 0 Å². The molecular weight excluding hydrogens is 410 g/mol. The van der Waals surface area contributed by atoms with Gasteiger partial charge in [-0.3, -0.25) is 9.13 Å². The highest BCUT2D eigenvalue weighted by Crippen LogP contribution is 2.69. The first kappa shape index (κ1) is 23.4. The van der Waals surface area contributed by atoms with Crippen LogP contribution in [-0.4, -0.2) is 56.6 Å². The first-order chi connectivity index (χ1) is 11.7. The molecule has 1 atom stereocenters. The van der Waals surface area contributed by atoms with Gasteiger partial charge in [-0.15, -0.1) is 0 Å². The second-order valence-corrected chi connectivity index (χ2v) is 11.7. The molecule has 150 valence electrons. The topological polar surface area (TPSA) is 207 Å². The fourth-order valence-corrected chi connectivity index (χ4v) is 5.43. The smallest absolute Gasteiger partial charge is 0.368 e. The lowest BCUT2D eigenvalue weighted by atomic mass is 10.2. The average Bonchev–Trinajstić information content (AvgIpc) is 2.51. The third-order valence-electron chi connectivity index (χ3n) is 3.60. The highest BCUT2D eigenvalue weighted by Gasteiger charge is 2.58. The second-order valence-electron chi connectivity index (χ2n) is 5.59. The van der Waals surface area contributed by atoms with E-state index in [9.17, 15) is 22.7 Å². The summed E-state index contributed by atoms with van der Waals surface area (Å²) in [4.78, 5) is 36.2. The van der Waals surface area contributed by atoms with Crippen molar-refractivity contribution in [1.29, 1.82) is 0 Å². The van der Waals surface area contributed by atoms with Gasteiger partial charge in [0.2, 0.25) is 0 Å². The summed E-state index contributed by atoms with van der Waals surface area (Å²) in [5, 5.41) is 8.75. The number of hydrogen-bond donors (Lipinski definition) is 7. The van der Waals surface area contributed by atoms with Crippen LogP contribution in [-0.2, 0) is 19.0 Å². The van der Waals surface area contributed by atoms with Crippen LogP contribution in [0.2, 0.25) is 0 Å². The second kappa shape index (κ2) is 8.57. The number of nitrogens with one attached hydrogen (secondary N) is 1. The zero-order chi connectivity index (χ0) is 20.2. The first-order valence-electron chi connectivity index (χ1n) is 7.31. The van der Waals surface area contributed by atoms with Gasteiger partial charge in [0.25, 0.3) is 5.08 Å². The lowest BCUT2D eigenvalue weighted by Gasteiger charge is -2.30. The maximum Gasteiger partial charge on any atom is 0.369 e. The Labute approximate surface area is 150 Å². The van der Waals surface area contributed by atoms with Gasteiger partial charge in [0.05, 0.1) is 16.8 Å². The summed E-state index contributed by atoms with van der Waals surface area (Å²) < 4.78 is 46.6. The van der Waals surface area contributed by atoms with Crippen LogP contribution in [0.15, 0.2) is 35.2 Å². The van der Waals surface area contributed by atoms with E-state index in [4.69, 9.17) is 25.3 Å². The van der Waals surface area contributed by atoms with E-state index in [1.807, 2.05) is 0 Å². The Hall–Kier alpha value is -0.650. The van der Waals surface area contributed by atoms with Crippen molar-refractivity contribution in [3.05, 3.63) is 30.3 Å². The van der Waals surface area contributed by atoms with E-state index < -0.39 is 49.1 Å². The van der Waals surface area contributed by atoms with Gasteiger partial charge < -0.3 is 35.7 Å². The number of rotatable bonds is 10. The van der Waals surface area contributed by atoms with E-state index in [0.29, 0.717) is 0 Å². The van der Waals surface area contributed by atoms with Crippen molar-refractivity contribution in [2.24, 2.45) is 5.73 Å². The lowest BCUT2D eigenvalue weighted by molar-refractivity contribution is 0.118. The first-order valence-corrected chi connectivity index (χ1v) is 12.2. The maximum atomic E-state index is 12.1. The monoisotopic (exact) mass is 432 g/mol. The fraction of sp³-hybridized carbons (Fsp3) is 0.500. The lowest BCUT2D eigenvalue weighted by Crippen LogP contribution is -2.42. The van der Waals surface area contributed by atoms with E-state index in [1.165, 1.54) is 12.1 Å². The molecule has 1 rings (SSSR count). The van der Waals surface area contributed by atoms with Crippen LogP contribution >= 0.6 is 15.2 Å². The molecule has 1 aromatic carbocycles. The van der Waals surface area contributed by atoms with Gasteiger partial charge in [-0.25, -0.2) is 8.42 Å². The standard InChI is InChI=1S/C12H22N2O9P2S/c13-11(6-7-12(15,24(16,17)18)25(19,20)21)14-8-9-26(22,23)10-4-2-1-3-5-10/h1-5,11,14-15H,6-9,13H2,(H2,16,17,18)(H2,19,20,21). The number of aliphatic hydroxyl groups is 1. The summed E-state index contributed by atoms with van der Waals surface area (Å²) in [6.07, 6.45) is -2.45. The predicted molar refractivity (Wildman–Crippen MR) is 92.7 cm³/mol. The molecule has 0 amide bonds. The van der Waals surface area contributed by atoms with E-state index in [1.54, 1.807) is 18.2 Å². The normalized spacial score (nSPS) is 15.0. The van der Waals surface area contributed by atoms with Crippen molar-refractivity contribution >= 4 is 25.0 Å². The quantitative estimate of drug-likeness (QED) is 0.178. The summed E-state index contributed by atoms with van der Waals surface area (Å²) >= 11 is 0. The summed E-state index contributed by atoms with van der Waals surface area (Å²) in [5.41, 5.74) is 5.61. The molecular formula is C12H22N2O9P2S. The van der Waals surface area contributed by atoms with E-state index in [0.717, 1.165) is 0 Å². The van der Waals surface area contributed by atoms with Crippen LogP contribution in [0.3, 0.4) is 0 Å². The zero-order valence-corrected chi connectivity index (χ0v) is 16.1. The molecule has 0 bridgehead atoms. The van der Waals surface area contributed by atoms with Gasteiger partial charge in [-0.1, -0.05) is 18.2 Å². The molecule has 0 radical (unpaired) electrons. The van der Waals surface area contributed by atoms with E-state index in [-0.39, 0.29) is 17.2 Å². The molecule has 0 saturated carbocycles. The Morgan fingerprint density at radius 3 is 2.04 bits per heavy atom. The molecule has 0 aliphatic carbocycles. The van der Waals surface area contributed by atoms with Crippen molar-refractivity contribution in [2.45, 2.75) is 29.0 Å². The Bertz CT molecular complexity index is 768. The molecule has 0 spiro atoms. The molecule has 26 heavy (non-hydrogen) atoms. The largest absolute Gasteiger partial charge is 0.369 e. The van der Waals surface area contributed by atoms with Gasteiger partial charge in [0.15, 0.2) is 9.84 Å². The van der Waals surface area contributed by atoms with Crippen LogP contribution in [0.4, 0.5) is 0 Å². The SMILES string of the molecule is NC(CCC(O)(P(=O)(O)O)P(=O)(O)O)NCCS(=O)(=O)c1ccccc1. The average molecular weight is 432 g/mol. The highest BCUT2D eigenvalue weighted by atomic mass is 32.2. The molecule has 0 aliphatic rings. The molecule has 1 aromatic rings.